The Morgan fingerprint density at radius 1 is 1.16 bits per heavy atom. The summed E-state index contributed by atoms with van der Waals surface area (Å²) in [6, 6.07) is 11.5. The first-order chi connectivity index (χ1) is 17.8. The van der Waals surface area contributed by atoms with Crippen molar-refractivity contribution in [1.29, 1.82) is 0 Å². The zero-order valence-corrected chi connectivity index (χ0v) is 20.9. The van der Waals surface area contributed by atoms with Crippen molar-refractivity contribution in [2.24, 2.45) is 10.2 Å². The fourth-order valence-electron chi connectivity index (χ4n) is 3.48. The number of anilines is 1. The van der Waals surface area contributed by atoms with Gasteiger partial charge >= 0.3 is 12.1 Å². The topological polar surface area (TPSA) is 132 Å². The maximum Gasteiger partial charge on any atom is 0.435 e. The van der Waals surface area contributed by atoms with Crippen LogP contribution in [0, 0.1) is 0 Å². The van der Waals surface area contributed by atoms with Gasteiger partial charge in [0, 0.05) is 5.56 Å². The first-order valence-electron chi connectivity index (χ1n) is 10.7. The third kappa shape index (κ3) is 5.49. The lowest BCUT2D eigenvalue weighted by atomic mass is 10.1. The predicted octanol–water partition coefficient (Wildman–Crippen LogP) is 4.77. The third-order valence-corrected chi connectivity index (χ3v) is 6.47. The van der Waals surface area contributed by atoms with Crippen LogP contribution >= 0.6 is 11.6 Å². The number of amides is 1. The minimum absolute atomic E-state index is 0.0730. The number of esters is 1. The molecular formula is C24H17ClF3N3O6S. The maximum atomic E-state index is 13.8. The Morgan fingerprint density at radius 2 is 1.84 bits per heavy atom. The molecule has 0 bridgehead atoms. The summed E-state index contributed by atoms with van der Waals surface area (Å²) >= 11 is 6.06. The van der Waals surface area contributed by atoms with E-state index in [4.69, 9.17) is 25.9 Å². The van der Waals surface area contributed by atoms with Crippen LogP contribution < -0.4 is 10.1 Å². The van der Waals surface area contributed by atoms with Crippen molar-refractivity contribution in [2.75, 3.05) is 11.6 Å². The van der Waals surface area contributed by atoms with Crippen molar-refractivity contribution in [3.63, 3.8) is 0 Å². The highest BCUT2D eigenvalue weighted by atomic mass is 35.5. The largest absolute Gasteiger partial charge is 0.462 e. The van der Waals surface area contributed by atoms with Gasteiger partial charge in [-0.1, -0.05) is 11.6 Å². The second-order valence-electron chi connectivity index (χ2n) is 7.78. The number of hydrazone groups is 1. The van der Waals surface area contributed by atoms with E-state index in [1.165, 1.54) is 30.3 Å². The van der Waals surface area contributed by atoms with Crippen LogP contribution in [0.2, 0.25) is 5.02 Å². The molecule has 1 aliphatic heterocycles. The summed E-state index contributed by atoms with van der Waals surface area (Å²) in [5.74, 6) is -1.69. The molecule has 0 unspecified atom stereocenters. The molecular weight excluding hydrogens is 551 g/mol. The van der Waals surface area contributed by atoms with E-state index in [2.05, 4.69) is 5.10 Å². The second kappa shape index (κ2) is 10.1. The number of halogens is 4. The molecule has 2 aromatic carbocycles. The summed E-state index contributed by atoms with van der Waals surface area (Å²) in [6.07, 6.45) is -4.10. The molecule has 0 spiro atoms. The zero-order valence-electron chi connectivity index (χ0n) is 19.3. The number of hydrogen-bond acceptors (Lipinski definition) is 7. The number of ether oxygens (including phenoxy) is 1. The Morgan fingerprint density at radius 3 is 2.45 bits per heavy atom. The molecule has 2 heterocycles. The molecule has 38 heavy (non-hydrogen) atoms. The van der Waals surface area contributed by atoms with E-state index < -0.39 is 39.4 Å². The van der Waals surface area contributed by atoms with Crippen LogP contribution in [-0.2, 0) is 19.6 Å². The highest BCUT2D eigenvalue weighted by Gasteiger charge is 2.47. The van der Waals surface area contributed by atoms with E-state index >= 15 is 0 Å². The number of sulfonamides is 1. The van der Waals surface area contributed by atoms with E-state index in [0.717, 1.165) is 30.3 Å². The third-order valence-electron chi connectivity index (χ3n) is 5.22. The molecule has 198 valence electrons. The number of benzene rings is 2. The Balaban J connectivity index is 1.68. The van der Waals surface area contributed by atoms with Crippen molar-refractivity contribution in [1.82, 2.24) is 0 Å². The number of alkyl halides is 3. The van der Waals surface area contributed by atoms with Crippen LogP contribution in [0.25, 0.3) is 17.4 Å². The molecule has 9 nitrogen and oxygen atoms in total. The van der Waals surface area contributed by atoms with Gasteiger partial charge in [0.2, 0.25) is 10.0 Å². The van der Waals surface area contributed by atoms with Crippen molar-refractivity contribution in [3.8, 4) is 11.3 Å². The molecule has 1 aliphatic rings. The molecule has 3 aromatic rings. The zero-order chi connectivity index (χ0) is 27.8. The standard InChI is InChI=1S/C24H17ClF3N3O6S/c1-2-36-23(33)17-11-13(3-9-19(17)25)20-10-6-15(37-20)12-18-21(24(26,27)28)30-31(22(18)32)14-4-7-16(8-5-14)38(29,34)35/h3-12H,2H2,1H3,(H2,29,34,35)/b18-12-. The molecule has 0 saturated heterocycles. The van der Waals surface area contributed by atoms with Crippen LogP contribution in [0.5, 0.6) is 0 Å². The summed E-state index contributed by atoms with van der Waals surface area (Å²) in [4.78, 5) is 24.8. The van der Waals surface area contributed by atoms with Crippen molar-refractivity contribution in [3.05, 3.63) is 76.5 Å². The van der Waals surface area contributed by atoms with E-state index in [0.29, 0.717) is 10.6 Å². The molecule has 1 amide bonds. The quantitative estimate of drug-likeness (QED) is 0.337. The molecule has 1 aromatic heterocycles. The van der Waals surface area contributed by atoms with Gasteiger partial charge < -0.3 is 9.15 Å². The molecule has 0 saturated carbocycles. The average molecular weight is 568 g/mol. The molecule has 14 heteroatoms. The summed E-state index contributed by atoms with van der Waals surface area (Å²) in [5, 5.41) is 9.09. The average Bonchev–Trinajstić information content (AvgIpc) is 3.44. The van der Waals surface area contributed by atoms with Gasteiger partial charge in [-0.25, -0.2) is 18.4 Å². The summed E-state index contributed by atoms with van der Waals surface area (Å²) in [5.41, 5.74) is -1.91. The van der Waals surface area contributed by atoms with Crippen LogP contribution in [0.1, 0.15) is 23.0 Å². The van der Waals surface area contributed by atoms with Gasteiger partial charge in [-0.2, -0.15) is 23.3 Å². The Labute approximate surface area is 219 Å². The highest BCUT2D eigenvalue weighted by Crippen LogP contribution is 2.34. The van der Waals surface area contributed by atoms with Gasteiger partial charge in [0.15, 0.2) is 5.71 Å². The fraction of sp³-hybridized carbons (Fsp3) is 0.125. The SMILES string of the molecule is CCOC(=O)c1cc(-c2ccc(/C=C3\C(=O)N(c4ccc(S(N)(=O)=O)cc4)N=C3C(F)(F)F)o2)ccc1Cl. The summed E-state index contributed by atoms with van der Waals surface area (Å²) in [6.45, 7) is 1.76. The van der Waals surface area contributed by atoms with Crippen molar-refractivity contribution >= 4 is 51.0 Å². The van der Waals surface area contributed by atoms with Gasteiger partial charge in [-0.3, -0.25) is 4.79 Å². The van der Waals surface area contributed by atoms with Gasteiger partial charge in [0.25, 0.3) is 5.91 Å². The van der Waals surface area contributed by atoms with Crippen LogP contribution in [-0.4, -0.2) is 38.8 Å². The predicted molar refractivity (Wildman–Crippen MR) is 132 cm³/mol. The first-order valence-corrected chi connectivity index (χ1v) is 12.6. The molecule has 0 fully saturated rings. The van der Waals surface area contributed by atoms with Gasteiger partial charge in [-0.05, 0) is 67.6 Å². The fourth-order valence-corrected chi connectivity index (χ4v) is 4.19. The Hall–Kier alpha value is -3.94. The summed E-state index contributed by atoms with van der Waals surface area (Å²) < 4.78 is 74.7. The maximum absolute atomic E-state index is 13.8. The van der Waals surface area contributed by atoms with Gasteiger partial charge in [0.1, 0.15) is 11.5 Å². The highest BCUT2D eigenvalue weighted by molar-refractivity contribution is 7.89. The second-order valence-corrected chi connectivity index (χ2v) is 9.75. The number of hydrogen-bond donors (Lipinski definition) is 1. The van der Waals surface area contributed by atoms with E-state index in [-0.39, 0.29) is 39.3 Å². The van der Waals surface area contributed by atoms with Crippen molar-refractivity contribution < 1.29 is 40.3 Å². The van der Waals surface area contributed by atoms with Gasteiger partial charge in [-0.15, -0.1) is 0 Å². The van der Waals surface area contributed by atoms with E-state index in [1.54, 1.807) is 6.92 Å². The van der Waals surface area contributed by atoms with Crippen LogP contribution in [0.15, 0.2) is 74.6 Å². The molecule has 4 rings (SSSR count). The van der Waals surface area contributed by atoms with E-state index in [1.807, 2.05) is 0 Å². The number of carbonyl (C=O) groups is 2. The lowest BCUT2D eigenvalue weighted by Gasteiger charge is -2.11. The lowest BCUT2D eigenvalue weighted by molar-refractivity contribution is -0.114. The normalized spacial score (nSPS) is 15.2. The number of primary sulfonamides is 1. The van der Waals surface area contributed by atoms with E-state index in [9.17, 15) is 31.2 Å². The number of rotatable bonds is 6. The van der Waals surface area contributed by atoms with Crippen LogP contribution in [0.3, 0.4) is 0 Å². The lowest BCUT2D eigenvalue weighted by Crippen LogP contribution is -2.25. The van der Waals surface area contributed by atoms with Crippen molar-refractivity contribution in [2.45, 2.75) is 18.0 Å². The first kappa shape index (κ1) is 27.1. The summed E-state index contributed by atoms with van der Waals surface area (Å²) in [7, 11) is -4.05. The smallest absolute Gasteiger partial charge is 0.435 e. The molecule has 0 atom stereocenters. The molecule has 0 aliphatic carbocycles. The van der Waals surface area contributed by atoms with Crippen LogP contribution in [0.4, 0.5) is 18.9 Å². The monoisotopic (exact) mass is 567 g/mol. The Kier molecular flexibility index (Phi) is 7.19. The molecule has 2 N–H and O–H groups in total. The Bertz CT molecular complexity index is 1590. The minimum atomic E-state index is -4.99. The number of nitrogens with two attached hydrogens (primary N) is 1. The van der Waals surface area contributed by atoms with Gasteiger partial charge in [0.05, 0.1) is 33.3 Å². The molecule has 0 radical (unpaired) electrons. The number of nitrogens with zero attached hydrogens (tertiary/aromatic N) is 2. The number of carbonyl (C=O) groups excluding carboxylic acids is 2. The number of furan rings is 1. The minimum Gasteiger partial charge on any atom is -0.462 e.